The van der Waals surface area contributed by atoms with E-state index in [-0.39, 0.29) is 17.9 Å². The van der Waals surface area contributed by atoms with E-state index >= 15 is 0 Å². The van der Waals surface area contributed by atoms with Crippen molar-refractivity contribution in [3.63, 3.8) is 0 Å². The lowest BCUT2D eigenvalue weighted by atomic mass is 9.85. The molecule has 1 amide bonds. The second-order valence-electron chi connectivity index (χ2n) is 6.12. The maximum Gasteiger partial charge on any atom is 0.240 e. The topological polar surface area (TPSA) is 41.9 Å². The standard InChI is InChI=1S/C19H18N2O2/c1-12-8-9-17-15(10-12)18-16(11-23-17)19(21(20-18)13(2)22)14-6-4-3-5-7-14/h3-10,16,19H,11H2,1-2H3/t16-,19?/m1/s1. The molecule has 0 fully saturated rings. The minimum atomic E-state index is -0.0997. The number of amides is 1. The van der Waals surface area contributed by atoms with E-state index in [1.165, 1.54) is 0 Å². The molecule has 0 N–H and O–H groups in total. The van der Waals surface area contributed by atoms with E-state index in [0.29, 0.717) is 6.61 Å². The smallest absolute Gasteiger partial charge is 0.240 e. The number of benzene rings is 2. The third kappa shape index (κ3) is 2.22. The van der Waals surface area contributed by atoms with Crippen molar-refractivity contribution >= 4 is 11.6 Å². The van der Waals surface area contributed by atoms with Gasteiger partial charge in [0.2, 0.25) is 5.91 Å². The second kappa shape index (κ2) is 5.23. The third-order valence-corrected chi connectivity index (χ3v) is 4.50. The van der Waals surface area contributed by atoms with Crippen molar-refractivity contribution in [2.75, 3.05) is 6.61 Å². The highest BCUT2D eigenvalue weighted by molar-refractivity contribution is 6.07. The largest absolute Gasteiger partial charge is 0.492 e. The van der Waals surface area contributed by atoms with Crippen LogP contribution in [0, 0.1) is 12.8 Å². The SMILES string of the molecule is CC(=O)N1N=C2c3cc(C)ccc3OC[C@H]2C1c1ccccc1. The van der Waals surface area contributed by atoms with Gasteiger partial charge in [0.25, 0.3) is 0 Å². The molecule has 4 rings (SSSR count). The Bertz CT molecular complexity index is 798. The zero-order chi connectivity index (χ0) is 16.0. The Morgan fingerprint density at radius 3 is 2.74 bits per heavy atom. The van der Waals surface area contributed by atoms with Crippen molar-refractivity contribution in [3.05, 3.63) is 65.2 Å². The number of ether oxygens (including phenoxy) is 1. The molecule has 2 heterocycles. The summed E-state index contributed by atoms with van der Waals surface area (Å²) in [5.41, 5.74) is 4.21. The number of nitrogens with zero attached hydrogens (tertiary/aromatic N) is 2. The molecule has 1 unspecified atom stereocenters. The molecule has 0 saturated carbocycles. The zero-order valence-electron chi connectivity index (χ0n) is 13.2. The van der Waals surface area contributed by atoms with Crippen LogP contribution in [0.15, 0.2) is 53.6 Å². The lowest BCUT2D eigenvalue weighted by Gasteiger charge is -2.29. The first-order valence-corrected chi connectivity index (χ1v) is 7.82. The van der Waals surface area contributed by atoms with Crippen molar-refractivity contribution in [1.29, 1.82) is 0 Å². The molecule has 4 nitrogen and oxygen atoms in total. The number of hydrogen-bond donors (Lipinski definition) is 0. The van der Waals surface area contributed by atoms with Crippen molar-refractivity contribution in [2.24, 2.45) is 11.0 Å². The molecule has 2 atom stereocenters. The highest BCUT2D eigenvalue weighted by atomic mass is 16.5. The minimum Gasteiger partial charge on any atom is -0.492 e. The van der Waals surface area contributed by atoms with Gasteiger partial charge in [-0.2, -0.15) is 5.10 Å². The summed E-state index contributed by atoms with van der Waals surface area (Å²) in [6.45, 7) is 4.16. The zero-order valence-corrected chi connectivity index (χ0v) is 13.2. The normalized spacial score (nSPS) is 22.0. The van der Waals surface area contributed by atoms with Gasteiger partial charge in [0, 0.05) is 12.5 Å². The molecule has 2 aliphatic heterocycles. The first-order valence-electron chi connectivity index (χ1n) is 7.82. The Morgan fingerprint density at radius 2 is 2.00 bits per heavy atom. The van der Waals surface area contributed by atoms with Crippen LogP contribution in [0.5, 0.6) is 5.75 Å². The summed E-state index contributed by atoms with van der Waals surface area (Å²) >= 11 is 0. The van der Waals surface area contributed by atoms with E-state index in [1.54, 1.807) is 11.9 Å². The van der Waals surface area contributed by atoms with Crippen LogP contribution in [0.2, 0.25) is 0 Å². The van der Waals surface area contributed by atoms with Gasteiger partial charge in [0.15, 0.2) is 0 Å². The summed E-state index contributed by atoms with van der Waals surface area (Å²) in [5.74, 6) is 0.869. The van der Waals surface area contributed by atoms with Crippen LogP contribution in [-0.2, 0) is 4.79 Å². The van der Waals surface area contributed by atoms with Crippen LogP contribution in [0.1, 0.15) is 29.7 Å². The van der Waals surface area contributed by atoms with E-state index < -0.39 is 0 Å². The Morgan fingerprint density at radius 1 is 1.22 bits per heavy atom. The van der Waals surface area contributed by atoms with Crippen molar-refractivity contribution in [3.8, 4) is 5.75 Å². The van der Waals surface area contributed by atoms with Gasteiger partial charge in [-0.15, -0.1) is 0 Å². The van der Waals surface area contributed by atoms with Gasteiger partial charge in [0.1, 0.15) is 5.75 Å². The molecule has 2 aliphatic rings. The van der Waals surface area contributed by atoms with Gasteiger partial charge in [-0.1, -0.05) is 42.0 Å². The molecular weight excluding hydrogens is 288 g/mol. The van der Waals surface area contributed by atoms with E-state index in [2.05, 4.69) is 18.1 Å². The quantitative estimate of drug-likeness (QED) is 0.811. The van der Waals surface area contributed by atoms with Crippen LogP contribution in [0.4, 0.5) is 0 Å². The highest BCUT2D eigenvalue weighted by Gasteiger charge is 2.44. The molecule has 0 radical (unpaired) electrons. The lowest BCUT2D eigenvalue weighted by molar-refractivity contribution is -0.131. The van der Waals surface area contributed by atoms with Gasteiger partial charge in [0.05, 0.1) is 24.3 Å². The number of hydrogen-bond acceptors (Lipinski definition) is 3. The summed E-state index contributed by atoms with van der Waals surface area (Å²) in [6, 6.07) is 16.1. The minimum absolute atomic E-state index is 0.0463. The molecule has 116 valence electrons. The lowest BCUT2D eigenvalue weighted by Crippen LogP contribution is -2.34. The molecule has 23 heavy (non-hydrogen) atoms. The molecule has 2 aromatic carbocycles. The Hall–Kier alpha value is -2.62. The summed E-state index contributed by atoms with van der Waals surface area (Å²) in [6.07, 6.45) is 0. The van der Waals surface area contributed by atoms with E-state index in [4.69, 9.17) is 4.74 Å². The predicted octanol–water partition coefficient (Wildman–Crippen LogP) is 3.31. The van der Waals surface area contributed by atoms with Gasteiger partial charge in [-0.3, -0.25) is 4.79 Å². The number of hydrazone groups is 1. The van der Waals surface area contributed by atoms with E-state index in [0.717, 1.165) is 28.2 Å². The fourth-order valence-corrected chi connectivity index (χ4v) is 3.44. The Balaban J connectivity index is 1.83. The molecule has 4 heteroatoms. The summed E-state index contributed by atoms with van der Waals surface area (Å²) in [5, 5.41) is 6.28. The number of aryl methyl sites for hydroxylation is 1. The summed E-state index contributed by atoms with van der Waals surface area (Å²) in [4.78, 5) is 12.1. The molecule has 0 spiro atoms. The summed E-state index contributed by atoms with van der Waals surface area (Å²) in [7, 11) is 0. The average molecular weight is 306 g/mol. The number of rotatable bonds is 1. The van der Waals surface area contributed by atoms with Crippen molar-refractivity contribution in [1.82, 2.24) is 5.01 Å². The molecule has 0 aliphatic carbocycles. The van der Waals surface area contributed by atoms with Crippen LogP contribution in [-0.4, -0.2) is 23.2 Å². The summed E-state index contributed by atoms with van der Waals surface area (Å²) < 4.78 is 5.95. The molecular formula is C19H18N2O2. The monoisotopic (exact) mass is 306 g/mol. The average Bonchev–Trinajstić information content (AvgIpc) is 2.96. The molecule has 0 bridgehead atoms. The first kappa shape index (κ1) is 14.0. The number of carbonyl (C=O) groups excluding carboxylic acids is 1. The van der Waals surface area contributed by atoms with Gasteiger partial charge >= 0.3 is 0 Å². The predicted molar refractivity (Wildman–Crippen MR) is 88.4 cm³/mol. The van der Waals surface area contributed by atoms with Crippen LogP contribution < -0.4 is 4.74 Å². The van der Waals surface area contributed by atoms with E-state index in [9.17, 15) is 4.79 Å². The van der Waals surface area contributed by atoms with Crippen molar-refractivity contribution < 1.29 is 9.53 Å². The number of fused-ring (bicyclic) bond motifs is 3. The fraction of sp³-hybridized carbons (Fsp3) is 0.263. The van der Waals surface area contributed by atoms with Gasteiger partial charge < -0.3 is 4.74 Å². The Labute approximate surface area is 135 Å². The highest BCUT2D eigenvalue weighted by Crippen LogP contribution is 2.42. The Kier molecular flexibility index (Phi) is 3.18. The van der Waals surface area contributed by atoms with Gasteiger partial charge in [-0.05, 0) is 24.6 Å². The fourth-order valence-electron chi connectivity index (χ4n) is 3.44. The molecule has 0 aromatic heterocycles. The van der Waals surface area contributed by atoms with E-state index in [1.807, 2.05) is 42.5 Å². The maximum absolute atomic E-state index is 12.1. The number of carbonyl (C=O) groups is 1. The molecule has 0 saturated heterocycles. The van der Waals surface area contributed by atoms with Crippen LogP contribution in [0.25, 0.3) is 0 Å². The van der Waals surface area contributed by atoms with Crippen LogP contribution >= 0.6 is 0 Å². The van der Waals surface area contributed by atoms with Gasteiger partial charge in [-0.25, -0.2) is 5.01 Å². The van der Waals surface area contributed by atoms with Crippen LogP contribution in [0.3, 0.4) is 0 Å². The second-order valence-corrected chi connectivity index (χ2v) is 6.12. The van der Waals surface area contributed by atoms with Crippen molar-refractivity contribution in [2.45, 2.75) is 19.9 Å². The first-order chi connectivity index (χ1) is 11.1. The molecule has 2 aromatic rings. The third-order valence-electron chi connectivity index (χ3n) is 4.50. The maximum atomic E-state index is 12.1.